The first-order chi connectivity index (χ1) is 12.2. The molecule has 0 bridgehead atoms. The van der Waals surface area contributed by atoms with Gasteiger partial charge in [-0.2, -0.15) is 5.10 Å². The molecule has 0 fully saturated rings. The van der Waals surface area contributed by atoms with Crippen molar-refractivity contribution in [2.75, 3.05) is 11.9 Å². The van der Waals surface area contributed by atoms with E-state index in [1.54, 1.807) is 22.5 Å². The molecule has 2 aromatic rings. The molecule has 4 heterocycles. The first-order valence-corrected chi connectivity index (χ1v) is 9.38. The smallest absolute Gasteiger partial charge is 0.242 e. The molecule has 0 aliphatic carbocycles. The van der Waals surface area contributed by atoms with E-state index >= 15 is 0 Å². The molecule has 25 heavy (non-hydrogen) atoms. The highest BCUT2D eigenvalue weighted by molar-refractivity contribution is 7.14. The largest absolute Gasteiger partial charge is 0.372 e. The van der Waals surface area contributed by atoms with Crippen LogP contribution in [-0.2, 0) is 4.79 Å². The van der Waals surface area contributed by atoms with E-state index in [-0.39, 0.29) is 11.9 Å². The van der Waals surface area contributed by atoms with Gasteiger partial charge in [-0.3, -0.25) is 9.78 Å². The van der Waals surface area contributed by atoms with Crippen LogP contribution in [0.4, 0.5) is 5.00 Å². The Labute approximate surface area is 151 Å². The number of hydrogen-bond donors (Lipinski definition) is 1. The summed E-state index contributed by atoms with van der Waals surface area (Å²) in [6.45, 7) is 4.78. The number of carbonyl (C=O) groups is 1. The highest BCUT2D eigenvalue weighted by Gasteiger charge is 2.34. The van der Waals surface area contributed by atoms with Crippen LogP contribution in [0.5, 0.6) is 0 Å². The molecule has 6 heteroatoms. The molecule has 1 amide bonds. The van der Waals surface area contributed by atoms with E-state index in [4.69, 9.17) is 5.10 Å². The SMILES string of the molecule is CCC(=O)N1N=C(C2=C(C)c3ccsc3NC2)CC1c1cccnc1. The molecular formula is C19H20N4OS. The predicted octanol–water partition coefficient (Wildman–Crippen LogP) is 4.08. The summed E-state index contributed by atoms with van der Waals surface area (Å²) in [5, 5.41) is 13.2. The number of rotatable bonds is 3. The van der Waals surface area contributed by atoms with Gasteiger partial charge in [-0.25, -0.2) is 5.01 Å². The van der Waals surface area contributed by atoms with Gasteiger partial charge in [0.25, 0.3) is 0 Å². The summed E-state index contributed by atoms with van der Waals surface area (Å²) in [4.78, 5) is 16.6. The first-order valence-electron chi connectivity index (χ1n) is 8.50. The molecule has 1 atom stereocenters. The monoisotopic (exact) mass is 352 g/mol. The van der Waals surface area contributed by atoms with Gasteiger partial charge in [-0.05, 0) is 41.1 Å². The molecular weight excluding hydrogens is 332 g/mol. The predicted molar refractivity (Wildman–Crippen MR) is 102 cm³/mol. The third kappa shape index (κ3) is 2.76. The molecule has 2 aliphatic rings. The molecule has 0 saturated heterocycles. The molecule has 0 spiro atoms. The maximum absolute atomic E-state index is 12.4. The highest BCUT2D eigenvalue weighted by atomic mass is 32.1. The number of thiophene rings is 1. The normalized spacial score (nSPS) is 19.5. The number of hydrogen-bond acceptors (Lipinski definition) is 5. The summed E-state index contributed by atoms with van der Waals surface area (Å²) in [6.07, 6.45) is 4.75. The van der Waals surface area contributed by atoms with Crippen LogP contribution < -0.4 is 5.32 Å². The number of anilines is 1. The quantitative estimate of drug-likeness (QED) is 0.905. The summed E-state index contributed by atoms with van der Waals surface area (Å²) < 4.78 is 0. The standard InChI is InChI=1S/C19H20N4OS/c1-3-18(24)23-17(13-5-4-7-20-10-13)9-16(22-23)15-11-21-19-14(12(15)2)6-8-25-19/h4-8,10,17,21H,3,9,11H2,1-2H3. The van der Waals surface area contributed by atoms with Crippen molar-refractivity contribution in [3.63, 3.8) is 0 Å². The van der Waals surface area contributed by atoms with Gasteiger partial charge in [0.05, 0.1) is 16.8 Å². The topological polar surface area (TPSA) is 57.6 Å². The van der Waals surface area contributed by atoms with Crippen molar-refractivity contribution in [3.8, 4) is 0 Å². The van der Waals surface area contributed by atoms with Crippen LogP contribution in [0.25, 0.3) is 5.57 Å². The fraction of sp³-hybridized carbons (Fsp3) is 0.316. The Kier molecular flexibility index (Phi) is 4.13. The average Bonchev–Trinajstić information content (AvgIpc) is 3.29. The Hall–Kier alpha value is -2.47. The minimum atomic E-state index is -0.0691. The summed E-state index contributed by atoms with van der Waals surface area (Å²) in [5.41, 5.74) is 5.72. The number of fused-ring (bicyclic) bond motifs is 1. The van der Waals surface area contributed by atoms with Crippen LogP contribution in [0.2, 0.25) is 0 Å². The second-order valence-corrected chi connectivity index (χ2v) is 7.18. The van der Waals surface area contributed by atoms with Gasteiger partial charge in [0, 0.05) is 37.3 Å². The summed E-state index contributed by atoms with van der Waals surface area (Å²) >= 11 is 1.72. The lowest BCUT2D eigenvalue weighted by molar-refractivity contribution is -0.132. The van der Waals surface area contributed by atoms with Crippen molar-refractivity contribution in [2.24, 2.45) is 5.10 Å². The third-order valence-corrected chi connectivity index (χ3v) is 5.71. The Morgan fingerprint density at radius 1 is 1.44 bits per heavy atom. The first kappa shape index (κ1) is 16.0. The third-order valence-electron chi connectivity index (χ3n) is 4.83. The van der Waals surface area contributed by atoms with Crippen molar-refractivity contribution in [1.29, 1.82) is 0 Å². The van der Waals surface area contributed by atoms with Gasteiger partial charge in [0.15, 0.2) is 0 Å². The van der Waals surface area contributed by atoms with Crippen molar-refractivity contribution in [3.05, 3.63) is 52.7 Å². The van der Waals surface area contributed by atoms with E-state index in [2.05, 4.69) is 28.7 Å². The number of aromatic nitrogens is 1. The average molecular weight is 352 g/mol. The Morgan fingerprint density at radius 2 is 2.32 bits per heavy atom. The number of nitrogens with one attached hydrogen (secondary N) is 1. The summed E-state index contributed by atoms with van der Waals surface area (Å²) in [6, 6.07) is 6.00. The van der Waals surface area contributed by atoms with E-state index in [1.807, 2.05) is 25.3 Å². The molecule has 2 aromatic heterocycles. The number of allylic oxidation sites excluding steroid dienone is 1. The van der Waals surface area contributed by atoms with Gasteiger partial charge in [0.1, 0.15) is 0 Å². The molecule has 2 aliphatic heterocycles. The second kappa shape index (κ2) is 6.44. The lowest BCUT2D eigenvalue weighted by Crippen LogP contribution is -2.26. The Balaban J connectivity index is 1.72. The number of amides is 1. The minimum absolute atomic E-state index is 0.0436. The van der Waals surface area contributed by atoms with Crippen molar-refractivity contribution in [2.45, 2.75) is 32.7 Å². The summed E-state index contributed by atoms with van der Waals surface area (Å²) in [5.74, 6) is 0.0436. The van der Waals surface area contributed by atoms with Gasteiger partial charge in [0.2, 0.25) is 5.91 Å². The van der Waals surface area contributed by atoms with E-state index in [0.717, 1.165) is 24.2 Å². The number of carbonyl (C=O) groups excluding carboxylic acids is 1. The van der Waals surface area contributed by atoms with Gasteiger partial charge >= 0.3 is 0 Å². The van der Waals surface area contributed by atoms with Crippen molar-refractivity contribution >= 4 is 33.5 Å². The maximum atomic E-state index is 12.4. The van der Waals surface area contributed by atoms with Gasteiger partial charge < -0.3 is 5.32 Å². The van der Waals surface area contributed by atoms with E-state index < -0.39 is 0 Å². The zero-order valence-corrected chi connectivity index (χ0v) is 15.1. The molecule has 0 saturated carbocycles. The Morgan fingerprint density at radius 3 is 3.08 bits per heavy atom. The van der Waals surface area contributed by atoms with Gasteiger partial charge in [-0.15, -0.1) is 11.3 Å². The lowest BCUT2D eigenvalue weighted by atomic mass is 9.92. The van der Waals surface area contributed by atoms with E-state index in [1.165, 1.54) is 21.7 Å². The maximum Gasteiger partial charge on any atom is 0.242 e. The number of nitrogens with zero attached hydrogens (tertiary/aromatic N) is 3. The fourth-order valence-electron chi connectivity index (χ4n) is 3.44. The summed E-state index contributed by atoms with van der Waals surface area (Å²) in [7, 11) is 0. The second-order valence-electron chi connectivity index (χ2n) is 6.27. The van der Waals surface area contributed by atoms with Crippen molar-refractivity contribution in [1.82, 2.24) is 9.99 Å². The van der Waals surface area contributed by atoms with Gasteiger partial charge in [-0.1, -0.05) is 13.0 Å². The van der Waals surface area contributed by atoms with Crippen LogP contribution in [-0.4, -0.2) is 28.2 Å². The van der Waals surface area contributed by atoms with Crippen LogP contribution in [0.3, 0.4) is 0 Å². The zero-order chi connectivity index (χ0) is 17.4. The molecule has 5 nitrogen and oxygen atoms in total. The van der Waals surface area contributed by atoms with Crippen LogP contribution in [0.1, 0.15) is 43.9 Å². The van der Waals surface area contributed by atoms with E-state index in [0.29, 0.717) is 6.42 Å². The van der Waals surface area contributed by atoms with E-state index in [9.17, 15) is 4.79 Å². The molecule has 4 rings (SSSR count). The molecule has 128 valence electrons. The highest BCUT2D eigenvalue weighted by Crippen LogP contribution is 2.39. The minimum Gasteiger partial charge on any atom is -0.372 e. The Bertz CT molecular complexity index is 869. The molecule has 1 unspecified atom stereocenters. The number of pyridine rings is 1. The lowest BCUT2D eigenvalue weighted by Gasteiger charge is -2.21. The zero-order valence-electron chi connectivity index (χ0n) is 14.3. The molecule has 1 N–H and O–H groups in total. The number of hydrazone groups is 1. The molecule has 0 radical (unpaired) electrons. The van der Waals surface area contributed by atoms with Crippen LogP contribution >= 0.6 is 11.3 Å². The van der Waals surface area contributed by atoms with Crippen molar-refractivity contribution < 1.29 is 4.79 Å². The fourth-order valence-corrected chi connectivity index (χ4v) is 4.28. The van der Waals surface area contributed by atoms with Crippen LogP contribution in [0.15, 0.2) is 46.6 Å². The molecule has 0 aromatic carbocycles. The van der Waals surface area contributed by atoms with Crippen LogP contribution in [0, 0.1) is 0 Å².